The predicted octanol–water partition coefficient (Wildman–Crippen LogP) is 2.43. The van der Waals surface area contributed by atoms with Crippen LogP contribution in [0.1, 0.15) is 30.9 Å². The van der Waals surface area contributed by atoms with Crippen LogP contribution in [-0.4, -0.2) is 30.4 Å². The van der Waals surface area contributed by atoms with Crippen molar-refractivity contribution in [2.24, 2.45) is 5.92 Å². The van der Waals surface area contributed by atoms with Gasteiger partial charge in [-0.3, -0.25) is 0 Å². The Morgan fingerprint density at radius 3 is 2.47 bits per heavy atom. The highest BCUT2D eigenvalue weighted by molar-refractivity contribution is 5.32. The Labute approximate surface area is 116 Å². The van der Waals surface area contributed by atoms with Crippen molar-refractivity contribution in [3.63, 3.8) is 0 Å². The number of nitrogens with one attached hydrogen (secondary N) is 1. The van der Waals surface area contributed by atoms with E-state index in [9.17, 15) is 5.11 Å². The van der Waals surface area contributed by atoms with Crippen LogP contribution in [0.3, 0.4) is 0 Å². The smallest absolute Gasteiger partial charge is 0.119 e. The van der Waals surface area contributed by atoms with E-state index in [-0.39, 0.29) is 0 Å². The molecule has 0 amide bonds. The number of aryl methyl sites for hydroxylation is 2. The lowest BCUT2D eigenvalue weighted by atomic mass is 9.82. The molecule has 1 aliphatic rings. The van der Waals surface area contributed by atoms with Crippen LogP contribution in [0.15, 0.2) is 18.2 Å². The fraction of sp³-hybridized carbons (Fsp3) is 0.625. The number of aliphatic hydroxyl groups is 1. The van der Waals surface area contributed by atoms with Gasteiger partial charge in [0.05, 0.1) is 0 Å². The molecule has 3 heteroatoms. The first-order chi connectivity index (χ1) is 9.02. The minimum atomic E-state index is -0.447. The van der Waals surface area contributed by atoms with Crippen LogP contribution >= 0.6 is 0 Å². The molecule has 3 nitrogen and oxygen atoms in total. The summed E-state index contributed by atoms with van der Waals surface area (Å²) in [7, 11) is 0. The summed E-state index contributed by atoms with van der Waals surface area (Å²) >= 11 is 0. The summed E-state index contributed by atoms with van der Waals surface area (Å²) in [6, 6.07) is 6.70. The summed E-state index contributed by atoms with van der Waals surface area (Å²) < 4.78 is 5.64. The van der Waals surface area contributed by atoms with E-state index in [1.807, 2.05) is 12.1 Å². The first-order valence-electron chi connectivity index (χ1n) is 7.15. The van der Waals surface area contributed by atoms with Crippen molar-refractivity contribution in [3.8, 4) is 5.75 Å². The minimum absolute atomic E-state index is 0.345. The standard InChI is InChI=1S/C16H25NO2/c1-11-4-12(2)8-16(7-11)19-10-15(18)9-17-14-5-13(3)6-14/h4,7-8,13-15,17-18H,5-6,9-10H2,1-3H3. The molecular formula is C16H25NO2. The van der Waals surface area contributed by atoms with E-state index in [0.717, 1.165) is 11.7 Å². The van der Waals surface area contributed by atoms with Gasteiger partial charge in [-0.25, -0.2) is 0 Å². The fourth-order valence-corrected chi connectivity index (χ4v) is 2.64. The summed E-state index contributed by atoms with van der Waals surface area (Å²) in [4.78, 5) is 0. The molecule has 0 radical (unpaired) electrons. The maximum atomic E-state index is 9.90. The molecular weight excluding hydrogens is 238 g/mol. The van der Waals surface area contributed by atoms with Crippen molar-refractivity contribution in [3.05, 3.63) is 29.3 Å². The molecule has 1 unspecified atom stereocenters. The zero-order chi connectivity index (χ0) is 13.8. The lowest BCUT2D eigenvalue weighted by molar-refractivity contribution is 0.0955. The van der Waals surface area contributed by atoms with Gasteiger partial charge in [-0.2, -0.15) is 0 Å². The van der Waals surface area contributed by atoms with Crippen LogP contribution in [0.5, 0.6) is 5.75 Å². The van der Waals surface area contributed by atoms with Crippen LogP contribution in [0.2, 0.25) is 0 Å². The van der Waals surface area contributed by atoms with Gasteiger partial charge in [0.2, 0.25) is 0 Å². The first kappa shape index (κ1) is 14.4. The van der Waals surface area contributed by atoms with Crippen LogP contribution in [0.4, 0.5) is 0 Å². The van der Waals surface area contributed by atoms with Crippen LogP contribution in [0.25, 0.3) is 0 Å². The van der Waals surface area contributed by atoms with E-state index in [1.165, 1.54) is 24.0 Å². The third kappa shape index (κ3) is 4.51. The van der Waals surface area contributed by atoms with Gasteiger partial charge in [0.15, 0.2) is 0 Å². The van der Waals surface area contributed by atoms with Gasteiger partial charge in [0.1, 0.15) is 18.5 Å². The third-order valence-corrected chi connectivity index (χ3v) is 3.65. The molecule has 0 aliphatic heterocycles. The van der Waals surface area contributed by atoms with Gasteiger partial charge in [-0.05, 0) is 55.9 Å². The quantitative estimate of drug-likeness (QED) is 0.828. The molecule has 1 atom stereocenters. The number of hydrogen-bond acceptors (Lipinski definition) is 3. The first-order valence-corrected chi connectivity index (χ1v) is 7.15. The number of aliphatic hydroxyl groups excluding tert-OH is 1. The Morgan fingerprint density at radius 1 is 1.26 bits per heavy atom. The third-order valence-electron chi connectivity index (χ3n) is 3.65. The monoisotopic (exact) mass is 263 g/mol. The van der Waals surface area contributed by atoms with Crippen molar-refractivity contribution in [2.75, 3.05) is 13.2 Å². The van der Waals surface area contributed by atoms with Crippen molar-refractivity contribution < 1.29 is 9.84 Å². The normalized spacial score (nSPS) is 23.8. The number of hydrogen-bond donors (Lipinski definition) is 2. The van der Waals surface area contributed by atoms with E-state index < -0.39 is 6.10 Å². The molecule has 2 N–H and O–H groups in total. The Kier molecular flexibility index (Phi) is 4.83. The Hall–Kier alpha value is -1.06. The highest BCUT2D eigenvalue weighted by Gasteiger charge is 2.25. The summed E-state index contributed by atoms with van der Waals surface area (Å²) in [5.74, 6) is 1.68. The van der Waals surface area contributed by atoms with Crippen molar-refractivity contribution >= 4 is 0 Å². The second-order valence-corrected chi connectivity index (χ2v) is 5.97. The molecule has 1 aliphatic carbocycles. The summed E-state index contributed by atoms with van der Waals surface area (Å²) in [6.45, 7) is 7.32. The predicted molar refractivity (Wildman–Crippen MR) is 77.6 cm³/mol. The van der Waals surface area contributed by atoms with Gasteiger partial charge in [-0.1, -0.05) is 13.0 Å². The van der Waals surface area contributed by atoms with E-state index in [2.05, 4.69) is 32.2 Å². The summed E-state index contributed by atoms with van der Waals surface area (Å²) in [5, 5.41) is 13.3. The molecule has 0 saturated heterocycles. The maximum absolute atomic E-state index is 9.90. The zero-order valence-electron chi connectivity index (χ0n) is 12.1. The molecule has 1 saturated carbocycles. The molecule has 0 aromatic heterocycles. The van der Waals surface area contributed by atoms with E-state index >= 15 is 0 Å². The lowest BCUT2D eigenvalue weighted by Gasteiger charge is -2.34. The highest BCUT2D eigenvalue weighted by Crippen LogP contribution is 2.26. The molecule has 0 bridgehead atoms. The molecule has 2 rings (SSSR count). The average Bonchev–Trinajstić information content (AvgIpc) is 2.29. The van der Waals surface area contributed by atoms with E-state index in [0.29, 0.717) is 19.2 Å². The van der Waals surface area contributed by atoms with Crippen molar-refractivity contribution in [1.29, 1.82) is 0 Å². The van der Waals surface area contributed by atoms with Crippen LogP contribution < -0.4 is 10.1 Å². The van der Waals surface area contributed by atoms with E-state index in [4.69, 9.17) is 4.74 Å². The maximum Gasteiger partial charge on any atom is 0.119 e. The molecule has 106 valence electrons. The molecule has 0 spiro atoms. The molecule has 1 aromatic rings. The van der Waals surface area contributed by atoms with Crippen LogP contribution in [-0.2, 0) is 0 Å². The minimum Gasteiger partial charge on any atom is -0.491 e. The van der Waals surface area contributed by atoms with Crippen LogP contribution in [0, 0.1) is 19.8 Å². The summed E-state index contributed by atoms with van der Waals surface area (Å²) in [6.07, 6.45) is 2.01. The molecule has 1 aromatic carbocycles. The number of ether oxygens (including phenoxy) is 1. The van der Waals surface area contributed by atoms with Gasteiger partial charge < -0.3 is 15.2 Å². The number of rotatable bonds is 6. The van der Waals surface area contributed by atoms with Gasteiger partial charge in [0.25, 0.3) is 0 Å². The second kappa shape index (κ2) is 6.40. The Morgan fingerprint density at radius 2 is 1.89 bits per heavy atom. The number of benzene rings is 1. The van der Waals surface area contributed by atoms with Crippen molar-refractivity contribution in [2.45, 2.75) is 45.8 Å². The molecule has 0 heterocycles. The Balaban J connectivity index is 1.69. The van der Waals surface area contributed by atoms with E-state index in [1.54, 1.807) is 0 Å². The van der Waals surface area contributed by atoms with Gasteiger partial charge in [0, 0.05) is 12.6 Å². The fourth-order valence-electron chi connectivity index (χ4n) is 2.64. The van der Waals surface area contributed by atoms with Gasteiger partial charge in [-0.15, -0.1) is 0 Å². The zero-order valence-corrected chi connectivity index (χ0v) is 12.1. The lowest BCUT2D eigenvalue weighted by Crippen LogP contribution is -2.44. The Bertz CT molecular complexity index is 393. The van der Waals surface area contributed by atoms with Crippen molar-refractivity contribution in [1.82, 2.24) is 5.32 Å². The molecule has 19 heavy (non-hydrogen) atoms. The SMILES string of the molecule is Cc1cc(C)cc(OCC(O)CNC2CC(C)C2)c1. The average molecular weight is 263 g/mol. The topological polar surface area (TPSA) is 41.5 Å². The van der Waals surface area contributed by atoms with Gasteiger partial charge >= 0.3 is 0 Å². The molecule has 1 fully saturated rings. The summed E-state index contributed by atoms with van der Waals surface area (Å²) in [5.41, 5.74) is 2.37. The highest BCUT2D eigenvalue weighted by atomic mass is 16.5. The second-order valence-electron chi connectivity index (χ2n) is 5.97. The largest absolute Gasteiger partial charge is 0.491 e.